The van der Waals surface area contributed by atoms with Crippen LogP contribution < -0.4 is 0 Å². The zero-order chi connectivity index (χ0) is 25.2. The molecule has 3 saturated heterocycles. The van der Waals surface area contributed by atoms with E-state index in [9.17, 15) is 4.79 Å². The molecule has 7 rings (SSSR count). The fourth-order valence-electron chi connectivity index (χ4n) is 8.63. The van der Waals surface area contributed by atoms with Crippen molar-refractivity contribution in [3.8, 4) is 0 Å². The lowest BCUT2D eigenvalue weighted by atomic mass is 9.55. The van der Waals surface area contributed by atoms with Crippen molar-refractivity contribution >= 4 is 5.97 Å². The first-order valence-corrected chi connectivity index (χ1v) is 14.5. The highest BCUT2D eigenvalue weighted by Gasteiger charge is 2.77. The molecule has 5 nitrogen and oxygen atoms in total. The molecule has 0 bridgehead atoms. The number of hydrogen-bond donors (Lipinski definition) is 0. The lowest BCUT2D eigenvalue weighted by Crippen LogP contribution is -2.58. The van der Waals surface area contributed by atoms with Crippen LogP contribution in [0.1, 0.15) is 56.7 Å². The Bertz CT molecular complexity index is 1090. The molecule has 196 valence electrons. The number of epoxide rings is 1. The van der Waals surface area contributed by atoms with Crippen molar-refractivity contribution in [2.24, 2.45) is 23.7 Å². The van der Waals surface area contributed by atoms with Crippen LogP contribution in [0.2, 0.25) is 0 Å². The number of esters is 1. The first-order chi connectivity index (χ1) is 18.0. The molecular formula is C32H40N2O3. The summed E-state index contributed by atoms with van der Waals surface area (Å²) in [5.41, 5.74) is 2.24. The summed E-state index contributed by atoms with van der Waals surface area (Å²) >= 11 is 0. The molecule has 3 heterocycles. The molecule has 2 saturated carbocycles. The third-order valence-electron chi connectivity index (χ3n) is 10.5. The van der Waals surface area contributed by atoms with E-state index in [-0.39, 0.29) is 35.2 Å². The number of fused-ring (bicyclic) bond motifs is 1. The SMILES string of the molecule is C[C@H]1CC[C@@H]2[C@H](CN3CCN(C(c4ccccc4)c4ccccc4)CC3)C(=O)O[C@@]23[C@H]1CC[C@]1(C)O[C@@H]31. The second kappa shape index (κ2) is 8.93. The van der Waals surface area contributed by atoms with E-state index >= 15 is 0 Å². The van der Waals surface area contributed by atoms with Crippen LogP contribution in [0.4, 0.5) is 0 Å². The van der Waals surface area contributed by atoms with Gasteiger partial charge in [0.2, 0.25) is 0 Å². The normalized spacial score (nSPS) is 39.5. The molecule has 0 N–H and O–H groups in total. The molecule has 1 spiro atoms. The summed E-state index contributed by atoms with van der Waals surface area (Å²) < 4.78 is 12.8. The third-order valence-corrected chi connectivity index (χ3v) is 10.5. The van der Waals surface area contributed by atoms with Gasteiger partial charge in [0.25, 0.3) is 0 Å². The highest BCUT2D eigenvalue weighted by atomic mass is 16.7. The van der Waals surface area contributed by atoms with E-state index in [0.29, 0.717) is 17.8 Å². The Balaban J connectivity index is 1.07. The molecule has 0 unspecified atom stereocenters. The Morgan fingerprint density at radius 3 is 2.19 bits per heavy atom. The minimum absolute atomic E-state index is 0.0212. The van der Waals surface area contributed by atoms with Crippen LogP contribution in [-0.4, -0.2) is 65.8 Å². The zero-order valence-electron chi connectivity index (χ0n) is 22.2. The first-order valence-electron chi connectivity index (χ1n) is 14.5. The largest absolute Gasteiger partial charge is 0.455 e. The zero-order valence-corrected chi connectivity index (χ0v) is 22.2. The minimum Gasteiger partial charge on any atom is -0.455 e. The summed E-state index contributed by atoms with van der Waals surface area (Å²) in [4.78, 5) is 18.6. The van der Waals surface area contributed by atoms with Gasteiger partial charge >= 0.3 is 5.97 Å². The molecular weight excluding hydrogens is 460 g/mol. The fourth-order valence-corrected chi connectivity index (χ4v) is 8.63. The van der Waals surface area contributed by atoms with Crippen LogP contribution in [0, 0.1) is 23.7 Å². The van der Waals surface area contributed by atoms with Crippen molar-refractivity contribution in [2.75, 3.05) is 32.7 Å². The van der Waals surface area contributed by atoms with Crippen molar-refractivity contribution in [3.63, 3.8) is 0 Å². The summed E-state index contributed by atoms with van der Waals surface area (Å²) in [5, 5.41) is 0. The molecule has 5 aliphatic rings. The van der Waals surface area contributed by atoms with Gasteiger partial charge in [-0.1, -0.05) is 67.6 Å². The van der Waals surface area contributed by atoms with Gasteiger partial charge in [-0.2, -0.15) is 0 Å². The van der Waals surface area contributed by atoms with Crippen LogP contribution in [-0.2, 0) is 14.3 Å². The minimum atomic E-state index is -0.375. The molecule has 5 heteroatoms. The number of hydrogen-bond acceptors (Lipinski definition) is 5. The van der Waals surface area contributed by atoms with E-state index in [4.69, 9.17) is 9.47 Å². The standard InChI is InChI=1S/C32H40N2O3/c1-22-13-14-27-25(29(35)36-32(27)26(22)15-16-31(2)30(32)37-31)21-33-17-19-34(20-18-33)28(23-9-5-3-6-10-23)24-11-7-4-8-12-24/h3-12,22,25-28,30H,13-21H2,1-2H3/t22-,25-,26-,27+,30+,31-,32-/m0/s1. The molecule has 2 aromatic carbocycles. The summed E-state index contributed by atoms with van der Waals surface area (Å²) in [6.07, 6.45) is 4.64. The Kier molecular flexibility index (Phi) is 5.76. The monoisotopic (exact) mass is 500 g/mol. The highest BCUT2D eigenvalue weighted by Crippen LogP contribution is 2.66. The average molecular weight is 501 g/mol. The highest BCUT2D eigenvalue weighted by molar-refractivity contribution is 5.77. The van der Waals surface area contributed by atoms with Crippen molar-refractivity contribution in [2.45, 2.75) is 62.9 Å². The third kappa shape index (κ3) is 3.80. The summed E-state index contributed by atoms with van der Waals surface area (Å²) in [7, 11) is 0. The van der Waals surface area contributed by atoms with E-state index in [0.717, 1.165) is 52.0 Å². The second-order valence-corrected chi connectivity index (χ2v) is 12.6. The molecule has 2 aliphatic carbocycles. The summed E-state index contributed by atoms with van der Waals surface area (Å²) in [6, 6.07) is 22.0. The molecule has 37 heavy (non-hydrogen) atoms. The van der Waals surface area contributed by atoms with E-state index < -0.39 is 0 Å². The number of carbonyl (C=O) groups excluding carboxylic acids is 1. The molecule has 2 aromatic rings. The predicted octanol–water partition coefficient (Wildman–Crippen LogP) is 4.92. The smallest absolute Gasteiger partial charge is 0.311 e. The molecule has 0 amide bonds. The Hall–Kier alpha value is -2.21. The Morgan fingerprint density at radius 2 is 1.54 bits per heavy atom. The van der Waals surface area contributed by atoms with Crippen molar-refractivity contribution in [1.29, 1.82) is 0 Å². The maximum absolute atomic E-state index is 13.5. The molecule has 0 aromatic heterocycles. The summed E-state index contributed by atoms with van der Waals surface area (Å²) in [6.45, 7) is 9.38. The van der Waals surface area contributed by atoms with Crippen LogP contribution >= 0.6 is 0 Å². The van der Waals surface area contributed by atoms with Crippen LogP contribution in [0.5, 0.6) is 0 Å². The quantitative estimate of drug-likeness (QED) is 0.431. The van der Waals surface area contributed by atoms with E-state index in [1.807, 2.05) is 0 Å². The lowest BCUT2D eigenvalue weighted by molar-refractivity contribution is -0.168. The maximum atomic E-state index is 13.5. The fraction of sp³-hybridized carbons (Fsp3) is 0.594. The molecule has 5 fully saturated rings. The number of carbonyl (C=O) groups is 1. The molecule has 7 atom stereocenters. The number of piperazine rings is 1. The van der Waals surface area contributed by atoms with Gasteiger partial charge in [-0.05, 0) is 49.7 Å². The maximum Gasteiger partial charge on any atom is 0.311 e. The van der Waals surface area contributed by atoms with E-state index in [1.165, 1.54) is 17.5 Å². The van der Waals surface area contributed by atoms with Gasteiger partial charge in [-0.3, -0.25) is 14.6 Å². The van der Waals surface area contributed by atoms with Crippen LogP contribution in [0.15, 0.2) is 60.7 Å². The van der Waals surface area contributed by atoms with E-state index in [1.54, 1.807) is 0 Å². The van der Waals surface area contributed by atoms with Gasteiger partial charge in [0.15, 0.2) is 0 Å². The number of benzene rings is 2. The van der Waals surface area contributed by atoms with Crippen molar-refractivity contribution in [1.82, 2.24) is 9.80 Å². The van der Waals surface area contributed by atoms with Crippen molar-refractivity contribution < 1.29 is 14.3 Å². The Morgan fingerprint density at radius 1 is 0.892 bits per heavy atom. The van der Waals surface area contributed by atoms with E-state index in [2.05, 4.69) is 84.3 Å². The predicted molar refractivity (Wildman–Crippen MR) is 143 cm³/mol. The second-order valence-electron chi connectivity index (χ2n) is 12.6. The van der Waals surface area contributed by atoms with Gasteiger partial charge in [0, 0.05) is 44.6 Å². The van der Waals surface area contributed by atoms with Crippen LogP contribution in [0.3, 0.4) is 0 Å². The Labute approximate surface area is 221 Å². The van der Waals surface area contributed by atoms with Gasteiger partial charge in [0.1, 0.15) is 11.7 Å². The van der Waals surface area contributed by atoms with Gasteiger partial charge in [-0.25, -0.2) is 0 Å². The van der Waals surface area contributed by atoms with Gasteiger partial charge in [0.05, 0.1) is 17.6 Å². The number of rotatable bonds is 5. The van der Waals surface area contributed by atoms with Crippen molar-refractivity contribution in [3.05, 3.63) is 71.8 Å². The first kappa shape index (κ1) is 23.9. The number of nitrogens with zero attached hydrogens (tertiary/aromatic N) is 2. The number of ether oxygens (including phenoxy) is 2. The molecule has 3 aliphatic heterocycles. The van der Waals surface area contributed by atoms with Gasteiger partial charge < -0.3 is 9.47 Å². The topological polar surface area (TPSA) is 45.3 Å². The average Bonchev–Trinajstić information content (AvgIpc) is 3.55. The lowest BCUT2D eigenvalue weighted by Gasteiger charge is -2.50. The van der Waals surface area contributed by atoms with Gasteiger partial charge in [-0.15, -0.1) is 0 Å². The summed E-state index contributed by atoms with van der Waals surface area (Å²) in [5.74, 6) is 1.38. The molecule has 0 radical (unpaired) electrons. The van der Waals surface area contributed by atoms with Crippen LogP contribution in [0.25, 0.3) is 0 Å².